The molecule has 1 aromatic heterocycles. The highest BCUT2D eigenvalue weighted by atomic mass is 32.2. The molecule has 3 rings (SSSR count). The molecule has 2 aromatic carbocycles. The Labute approximate surface area is 190 Å². The molecule has 0 aliphatic rings. The molecule has 0 saturated carbocycles. The first kappa shape index (κ1) is 23.8. The number of hydrogen-bond donors (Lipinski definition) is 2. The van der Waals surface area contributed by atoms with Gasteiger partial charge in [-0.25, -0.2) is 17.8 Å². The summed E-state index contributed by atoms with van der Waals surface area (Å²) in [5, 5.41) is 13.3. The van der Waals surface area contributed by atoms with Crippen LogP contribution in [0.5, 0.6) is 5.75 Å². The Morgan fingerprint density at radius 1 is 1.19 bits per heavy atom. The number of carbonyl (C=O) groups is 1. The molecule has 0 saturated heterocycles. The average molecular weight is 479 g/mol. The highest BCUT2D eigenvalue weighted by Crippen LogP contribution is 2.29. The predicted molar refractivity (Wildman–Crippen MR) is 121 cm³/mol. The number of rotatable bonds is 8. The third-order valence-corrected chi connectivity index (χ3v) is 7.49. The lowest BCUT2D eigenvalue weighted by molar-refractivity contribution is 0.101. The van der Waals surface area contributed by atoms with Crippen molar-refractivity contribution in [3.05, 3.63) is 60.2 Å². The van der Waals surface area contributed by atoms with Gasteiger partial charge in [-0.3, -0.25) is 9.36 Å². The first-order valence-corrected chi connectivity index (χ1v) is 12.4. The van der Waals surface area contributed by atoms with Crippen LogP contribution in [0, 0.1) is 5.82 Å². The minimum absolute atomic E-state index is 0.0499. The number of sulfonamides is 1. The Balaban J connectivity index is 1.98. The SMILES string of the molecule is CCN(CC)S(=O)(=O)c1ccc(O)c(NC(=O)c2cnc(SC)n2-c2ccc(F)cc2)c1. The monoisotopic (exact) mass is 478 g/mol. The molecule has 0 atom stereocenters. The fourth-order valence-electron chi connectivity index (χ4n) is 3.15. The van der Waals surface area contributed by atoms with Gasteiger partial charge in [0.25, 0.3) is 5.91 Å². The van der Waals surface area contributed by atoms with E-state index in [0.717, 1.165) is 0 Å². The molecule has 0 unspecified atom stereocenters. The van der Waals surface area contributed by atoms with E-state index in [0.29, 0.717) is 10.8 Å². The molecular weight excluding hydrogens is 455 g/mol. The number of amides is 1. The lowest BCUT2D eigenvalue weighted by atomic mass is 10.2. The number of hydrogen-bond acceptors (Lipinski definition) is 6. The van der Waals surface area contributed by atoms with Crippen LogP contribution in [0.1, 0.15) is 24.3 Å². The number of imidazole rings is 1. The molecule has 1 heterocycles. The van der Waals surface area contributed by atoms with E-state index >= 15 is 0 Å². The molecule has 1 amide bonds. The summed E-state index contributed by atoms with van der Waals surface area (Å²) >= 11 is 1.30. The van der Waals surface area contributed by atoms with Crippen molar-refractivity contribution in [1.29, 1.82) is 0 Å². The molecule has 3 aromatic rings. The number of carbonyl (C=O) groups excluding carboxylic acids is 1. The lowest BCUT2D eigenvalue weighted by Crippen LogP contribution is -2.30. The van der Waals surface area contributed by atoms with Crippen LogP contribution in [-0.2, 0) is 10.0 Å². The average Bonchev–Trinajstić information content (AvgIpc) is 3.20. The molecular formula is C21H23FN4O4S2. The van der Waals surface area contributed by atoms with Gasteiger partial charge < -0.3 is 10.4 Å². The van der Waals surface area contributed by atoms with Gasteiger partial charge >= 0.3 is 0 Å². The molecule has 0 aliphatic heterocycles. The predicted octanol–water partition coefficient (Wildman–Crippen LogP) is 3.72. The number of nitrogens with zero attached hydrogens (tertiary/aromatic N) is 3. The third-order valence-electron chi connectivity index (χ3n) is 4.79. The zero-order valence-electron chi connectivity index (χ0n) is 17.7. The van der Waals surface area contributed by atoms with E-state index in [1.807, 2.05) is 0 Å². The molecule has 0 fully saturated rings. The normalized spacial score (nSPS) is 11.7. The number of halogens is 1. The van der Waals surface area contributed by atoms with Crippen molar-refractivity contribution in [2.75, 3.05) is 24.7 Å². The molecule has 11 heteroatoms. The maximum absolute atomic E-state index is 13.4. The minimum Gasteiger partial charge on any atom is -0.506 e. The number of nitrogens with one attached hydrogen (secondary N) is 1. The lowest BCUT2D eigenvalue weighted by Gasteiger charge is -2.19. The van der Waals surface area contributed by atoms with Gasteiger partial charge in [0.15, 0.2) is 5.16 Å². The Hall–Kier alpha value is -2.89. The molecule has 0 aliphatic carbocycles. The van der Waals surface area contributed by atoms with Gasteiger partial charge in [-0.05, 0) is 48.7 Å². The Morgan fingerprint density at radius 2 is 1.84 bits per heavy atom. The quantitative estimate of drug-likeness (QED) is 0.378. The summed E-state index contributed by atoms with van der Waals surface area (Å²) in [5.41, 5.74) is 0.610. The second-order valence-electron chi connectivity index (χ2n) is 6.66. The summed E-state index contributed by atoms with van der Waals surface area (Å²) in [5.74, 6) is -1.31. The van der Waals surface area contributed by atoms with E-state index in [2.05, 4.69) is 10.3 Å². The van der Waals surface area contributed by atoms with Gasteiger partial charge in [0.1, 0.15) is 17.3 Å². The van der Waals surface area contributed by atoms with Crippen LogP contribution in [0.4, 0.5) is 10.1 Å². The maximum atomic E-state index is 13.4. The van der Waals surface area contributed by atoms with Gasteiger partial charge in [0, 0.05) is 18.8 Å². The Bertz CT molecular complexity index is 1220. The summed E-state index contributed by atoms with van der Waals surface area (Å²) in [6, 6.07) is 9.30. The summed E-state index contributed by atoms with van der Waals surface area (Å²) in [4.78, 5) is 17.2. The summed E-state index contributed by atoms with van der Waals surface area (Å²) in [6.45, 7) is 4.03. The maximum Gasteiger partial charge on any atom is 0.274 e. The first-order valence-electron chi connectivity index (χ1n) is 9.75. The second kappa shape index (κ2) is 9.72. The van der Waals surface area contributed by atoms with Crippen molar-refractivity contribution < 1.29 is 22.7 Å². The zero-order chi connectivity index (χ0) is 23.5. The van der Waals surface area contributed by atoms with Gasteiger partial charge in [0.2, 0.25) is 10.0 Å². The third kappa shape index (κ3) is 4.64. The molecule has 0 radical (unpaired) electrons. The standard InChI is InChI=1S/C21H23FN4O4S2/c1-4-25(5-2)32(29,30)16-10-11-19(27)17(12-16)24-20(28)18-13-23-21(31-3)26(18)15-8-6-14(22)7-9-15/h6-13,27H,4-5H2,1-3H3,(H,24,28). The van der Waals surface area contributed by atoms with E-state index < -0.39 is 21.7 Å². The number of thioether (sulfide) groups is 1. The Kier molecular flexibility index (Phi) is 7.22. The van der Waals surface area contributed by atoms with Crippen molar-refractivity contribution in [1.82, 2.24) is 13.9 Å². The number of benzene rings is 2. The molecule has 8 nitrogen and oxygen atoms in total. The van der Waals surface area contributed by atoms with Gasteiger partial charge in [-0.1, -0.05) is 25.6 Å². The summed E-state index contributed by atoms with van der Waals surface area (Å²) < 4.78 is 41.8. The van der Waals surface area contributed by atoms with Crippen LogP contribution in [0.15, 0.2) is 58.7 Å². The van der Waals surface area contributed by atoms with E-state index in [-0.39, 0.29) is 35.1 Å². The molecule has 32 heavy (non-hydrogen) atoms. The van der Waals surface area contributed by atoms with Crippen LogP contribution in [0.25, 0.3) is 5.69 Å². The zero-order valence-corrected chi connectivity index (χ0v) is 19.4. The van der Waals surface area contributed by atoms with Crippen LogP contribution in [0.2, 0.25) is 0 Å². The highest BCUT2D eigenvalue weighted by molar-refractivity contribution is 7.98. The van der Waals surface area contributed by atoms with E-state index in [4.69, 9.17) is 0 Å². The van der Waals surface area contributed by atoms with Crippen molar-refractivity contribution >= 4 is 33.4 Å². The van der Waals surface area contributed by atoms with E-state index in [1.165, 1.54) is 64.7 Å². The van der Waals surface area contributed by atoms with Crippen molar-refractivity contribution in [3.63, 3.8) is 0 Å². The van der Waals surface area contributed by atoms with Crippen molar-refractivity contribution in [2.24, 2.45) is 0 Å². The van der Waals surface area contributed by atoms with E-state index in [1.54, 1.807) is 24.7 Å². The number of aromatic nitrogens is 2. The first-order chi connectivity index (χ1) is 15.2. The van der Waals surface area contributed by atoms with Crippen LogP contribution in [-0.4, -0.2) is 52.6 Å². The largest absolute Gasteiger partial charge is 0.506 e. The van der Waals surface area contributed by atoms with Gasteiger partial charge in [0.05, 0.1) is 16.8 Å². The molecule has 2 N–H and O–H groups in total. The van der Waals surface area contributed by atoms with Crippen LogP contribution >= 0.6 is 11.8 Å². The topological polar surface area (TPSA) is 105 Å². The van der Waals surface area contributed by atoms with Crippen LogP contribution < -0.4 is 5.32 Å². The molecule has 0 spiro atoms. The van der Waals surface area contributed by atoms with Crippen LogP contribution in [0.3, 0.4) is 0 Å². The minimum atomic E-state index is -3.78. The summed E-state index contributed by atoms with van der Waals surface area (Å²) in [6.07, 6.45) is 3.15. The number of phenolic OH excluding ortho intramolecular Hbond substituents is 1. The number of anilines is 1. The Morgan fingerprint density at radius 3 is 2.44 bits per heavy atom. The van der Waals surface area contributed by atoms with Gasteiger partial charge in [-0.15, -0.1) is 0 Å². The fourth-order valence-corrected chi connectivity index (χ4v) is 5.18. The second-order valence-corrected chi connectivity index (χ2v) is 9.38. The molecule has 0 bridgehead atoms. The smallest absolute Gasteiger partial charge is 0.274 e. The number of aromatic hydroxyl groups is 1. The fraction of sp³-hybridized carbons (Fsp3) is 0.238. The van der Waals surface area contributed by atoms with E-state index in [9.17, 15) is 22.7 Å². The highest BCUT2D eigenvalue weighted by Gasteiger charge is 2.24. The van der Waals surface area contributed by atoms with Crippen molar-refractivity contribution in [2.45, 2.75) is 23.9 Å². The number of phenols is 1. The molecule has 170 valence electrons. The van der Waals surface area contributed by atoms with Crippen molar-refractivity contribution in [3.8, 4) is 11.4 Å². The summed E-state index contributed by atoms with van der Waals surface area (Å²) in [7, 11) is -3.78. The van der Waals surface area contributed by atoms with Gasteiger partial charge in [-0.2, -0.15) is 4.31 Å².